The number of benzene rings is 1. The minimum atomic E-state index is -2.31. The molecule has 1 aliphatic carbocycles. The van der Waals surface area contributed by atoms with E-state index in [2.05, 4.69) is 0 Å². The number of carbonyl (C=O) groups excluding carboxylic acids is 1. The van der Waals surface area contributed by atoms with Crippen molar-refractivity contribution < 1.29 is 45.0 Å². The first-order valence-electron chi connectivity index (χ1n) is 7.35. The van der Waals surface area contributed by atoms with E-state index in [1.807, 2.05) is 0 Å². The van der Waals surface area contributed by atoms with Gasteiger partial charge in [0.15, 0.2) is 17.1 Å². The normalized spacial score (nSPS) is 29.5. The van der Waals surface area contributed by atoms with Crippen LogP contribution >= 0.6 is 0 Å². The summed E-state index contributed by atoms with van der Waals surface area (Å²) in [4.78, 5) is 22.9. The number of rotatable bonds is 4. The average Bonchev–Trinajstić information content (AvgIpc) is 2.53. The third kappa shape index (κ3) is 4.27. The van der Waals surface area contributed by atoms with Crippen LogP contribution in [0.15, 0.2) is 24.3 Å². The molecule has 1 fully saturated rings. The first-order valence-corrected chi connectivity index (χ1v) is 7.35. The Bertz CT molecular complexity index is 699. The summed E-state index contributed by atoms with van der Waals surface area (Å²) in [5.41, 5.74) is -1.94. The number of aromatic hydroxyl groups is 2. The molecule has 0 spiro atoms. The standard InChI is InChI=1S/C16H18O9/c17-9-3-1-8(5-10(9)18)2-4-13(20)25-12-7-16(24,15(22)23)6-11(19)14(12)21/h1-5,11-12,14,17-19,21,24H,6-7H2,(H,22,23)/t11?,12?,14?,16-/m0/s1. The third-order valence-electron chi connectivity index (χ3n) is 3.94. The lowest BCUT2D eigenvalue weighted by Gasteiger charge is -2.39. The highest BCUT2D eigenvalue weighted by Crippen LogP contribution is 2.31. The number of esters is 1. The van der Waals surface area contributed by atoms with Crippen molar-refractivity contribution >= 4 is 18.0 Å². The highest BCUT2D eigenvalue weighted by atomic mass is 16.6. The van der Waals surface area contributed by atoms with E-state index in [1.165, 1.54) is 24.3 Å². The van der Waals surface area contributed by atoms with Crippen molar-refractivity contribution in [1.82, 2.24) is 0 Å². The molecule has 0 saturated heterocycles. The average molecular weight is 354 g/mol. The number of aliphatic hydroxyl groups is 3. The first kappa shape index (κ1) is 18.7. The molecule has 0 bridgehead atoms. The maximum absolute atomic E-state index is 11.8. The van der Waals surface area contributed by atoms with Gasteiger partial charge in [0.25, 0.3) is 0 Å². The van der Waals surface area contributed by atoms with Crippen molar-refractivity contribution in [2.75, 3.05) is 0 Å². The van der Waals surface area contributed by atoms with E-state index in [9.17, 15) is 35.1 Å². The van der Waals surface area contributed by atoms with Gasteiger partial charge in [0.2, 0.25) is 0 Å². The molecule has 0 aliphatic heterocycles. The Morgan fingerprint density at radius 1 is 1.16 bits per heavy atom. The molecular weight excluding hydrogens is 336 g/mol. The van der Waals surface area contributed by atoms with Crippen LogP contribution in [0.5, 0.6) is 11.5 Å². The maximum atomic E-state index is 11.8. The first-order chi connectivity index (χ1) is 11.6. The highest BCUT2D eigenvalue weighted by Gasteiger charge is 2.50. The lowest BCUT2D eigenvalue weighted by molar-refractivity contribution is -0.196. The molecule has 6 N–H and O–H groups in total. The van der Waals surface area contributed by atoms with Crippen LogP contribution in [-0.4, -0.2) is 66.5 Å². The van der Waals surface area contributed by atoms with Crippen LogP contribution in [-0.2, 0) is 14.3 Å². The van der Waals surface area contributed by atoms with E-state index >= 15 is 0 Å². The Kier molecular flexibility index (Phi) is 5.31. The zero-order valence-corrected chi connectivity index (χ0v) is 12.9. The van der Waals surface area contributed by atoms with Crippen molar-refractivity contribution in [1.29, 1.82) is 0 Å². The second-order valence-electron chi connectivity index (χ2n) is 5.86. The van der Waals surface area contributed by atoms with Crippen molar-refractivity contribution in [3.8, 4) is 11.5 Å². The summed E-state index contributed by atoms with van der Waals surface area (Å²) in [7, 11) is 0. The minimum Gasteiger partial charge on any atom is -0.504 e. The molecule has 9 heteroatoms. The zero-order valence-electron chi connectivity index (χ0n) is 12.9. The fourth-order valence-electron chi connectivity index (χ4n) is 2.53. The van der Waals surface area contributed by atoms with Crippen LogP contribution in [0.25, 0.3) is 6.08 Å². The predicted molar refractivity (Wildman–Crippen MR) is 82.5 cm³/mol. The van der Waals surface area contributed by atoms with Gasteiger partial charge in [0.1, 0.15) is 12.2 Å². The van der Waals surface area contributed by atoms with Crippen molar-refractivity contribution in [3.63, 3.8) is 0 Å². The van der Waals surface area contributed by atoms with Crippen LogP contribution in [0.1, 0.15) is 18.4 Å². The number of carbonyl (C=O) groups is 2. The summed E-state index contributed by atoms with van der Waals surface area (Å²) in [5.74, 6) is -3.24. The molecular formula is C16H18O9. The van der Waals surface area contributed by atoms with E-state index in [0.717, 1.165) is 6.08 Å². The molecule has 3 unspecified atom stereocenters. The molecule has 1 aromatic rings. The zero-order chi connectivity index (χ0) is 18.8. The second-order valence-corrected chi connectivity index (χ2v) is 5.86. The van der Waals surface area contributed by atoms with E-state index in [-0.39, 0.29) is 11.5 Å². The second kappa shape index (κ2) is 7.09. The van der Waals surface area contributed by atoms with Crippen molar-refractivity contribution in [2.45, 2.75) is 36.8 Å². The Labute approximate surface area is 142 Å². The molecule has 0 aromatic heterocycles. The van der Waals surface area contributed by atoms with Gasteiger partial charge in [0.05, 0.1) is 6.10 Å². The number of aliphatic carboxylic acids is 1. The fourth-order valence-corrected chi connectivity index (χ4v) is 2.53. The molecule has 1 aromatic carbocycles. The molecule has 1 aliphatic rings. The summed E-state index contributed by atoms with van der Waals surface area (Å²) in [6, 6.07) is 3.83. The minimum absolute atomic E-state index is 0.327. The maximum Gasteiger partial charge on any atom is 0.335 e. The predicted octanol–water partition coefficient (Wildman–Crippen LogP) is -0.646. The number of hydrogen-bond acceptors (Lipinski definition) is 8. The number of ether oxygens (including phenoxy) is 1. The van der Waals surface area contributed by atoms with Crippen molar-refractivity contribution in [3.05, 3.63) is 29.8 Å². The largest absolute Gasteiger partial charge is 0.504 e. The Hall–Kier alpha value is -2.62. The fraction of sp³-hybridized carbons (Fsp3) is 0.375. The molecule has 4 atom stereocenters. The van der Waals surface area contributed by atoms with E-state index in [4.69, 9.17) is 9.84 Å². The van der Waals surface area contributed by atoms with Crippen LogP contribution < -0.4 is 0 Å². The SMILES string of the molecule is O=C(C=Cc1ccc(O)c(O)c1)OC1C[C@](O)(C(=O)O)CC(O)C1O. The number of phenols is 2. The molecule has 25 heavy (non-hydrogen) atoms. The summed E-state index contributed by atoms with van der Waals surface area (Å²) in [6.07, 6.45) is -3.44. The van der Waals surface area contributed by atoms with Gasteiger partial charge in [-0.1, -0.05) is 6.07 Å². The molecule has 0 radical (unpaired) electrons. The lowest BCUT2D eigenvalue weighted by atomic mass is 9.79. The van der Waals surface area contributed by atoms with Crippen LogP contribution in [0, 0.1) is 0 Å². The van der Waals surface area contributed by atoms with Crippen LogP contribution in [0.4, 0.5) is 0 Å². The lowest BCUT2D eigenvalue weighted by Crippen LogP contribution is -2.57. The number of hydrogen-bond donors (Lipinski definition) is 6. The highest BCUT2D eigenvalue weighted by molar-refractivity contribution is 5.87. The van der Waals surface area contributed by atoms with E-state index in [0.29, 0.717) is 5.56 Å². The van der Waals surface area contributed by atoms with Gasteiger partial charge in [-0.15, -0.1) is 0 Å². The molecule has 0 heterocycles. The molecule has 9 nitrogen and oxygen atoms in total. The Morgan fingerprint density at radius 3 is 2.44 bits per heavy atom. The van der Waals surface area contributed by atoms with Gasteiger partial charge in [-0.3, -0.25) is 0 Å². The molecule has 2 rings (SSSR count). The number of phenolic OH excluding ortho intramolecular Hbond substituents is 2. The number of carboxylic acids is 1. The summed E-state index contributed by atoms with van der Waals surface area (Å²) in [5, 5.41) is 57.0. The summed E-state index contributed by atoms with van der Waals surface area (Å²) >= 11 is 0. The summed E-state index contributed by atoms with van der Waals surface area (Å²) < 4.78 is 4.92. The molecule has 0 amide bonds. The van der Waals surface area contributed by atoms with Crippen LogP contribution in [0.3, 0.4) is 0 Å². The van der Waals surface area contributed by atoms with Gasteiger partial charge in [-0.2, -0.15) is 0 Å². The number of aliphatic hydroxyl groups excluding tert-OH is 2. The Morgan fingerprint density at radius 2 is 1.84 bits per heavy atom. The number of carboxylic acid groups (broad SMARTS) is 1. The van der Waals surface area contributed by atoms with E-state index < -0.39 is 48.7 Å². The quantitative estimate of drug-likeness (QED) is 0.234. The topological polar surface area (TPSA) is 165 Å². The van der Waals surface area contributed by atoms with Gasteiger partial charge in [0, 0.05) is 18.9 Å². The monoisotopic (exact) mass is 354 g/mol. The van der Waals surface area contributed by atoms with Gasteiger partial charge < -0.3 is 35.4 Å². The smallest absolute Gasteiger partial charge is 0.335 e. The molecule has 1 saturated carbocycles. The van der Waals surface area contributed by atoms with E-state index in [1.54, 1.807) is 0 Å². The van der Waals surface area contributed by atoms with Gasteiger partial charge in [-0.25, -0.2) is 9.59 Å². The van der Waals surface area contributed by atoms with Crippen LogP contribution in [0.2, 0.25) is 0 Å². The van der Waals surface area contributed by atoms with Gasteiger partial charge >= 0.3 is 11.9 Å². The Balaban J connectivity index is 2.06. The summed E-state index contributed by atoms with van der Waals surface area (Å²) in [6.45, 7) is 0. The van der Waals surface area contributed by atoms with Crippen molar-refractivity contribution in [2.24, 2.45) is 0 Å². The third-order valence-corrected chi connectivity index (χ3v) is 3.94. The molecule has 136 valence electrons. The van der Waals surface area contributed by atoms with Gasteiger partial charge in [-0.05, 0) is 23.8 Å².